The van der Waals surface area contributed by atoms with Crippen molar-refractivity contribution in [3.63, 3.8) is 0 Å². The van der Waals surface area contributed by atoms with Crippen LogP contribution in [0.2, 0.25) is 0 Å². The summed E-state index contributed by atoms with van der Waals surface area (Å²) < 4.78 is 10.9. The van der Waals surface area contributed by atoms with Gasteiger partial charge in [-0.2, -0.15) is 0 Å². The number of hydrogen-bond donors (Lipinski definition) is 1. The van der Waals surface area contributed by atoms with Gasteiger partial charge >= 0.3 is 0 Å². The van der Waals surface area contributed by atoms with Gasteiger partial charge in [-0.05, 0) is 33.1 Å². The van der Waals surface area contributed by atoms with Crippen molar-refractivity contribution in [1.29, 1.82) is 0 Å². The van der Waals surface area contributed by atoms with E-state index in [0.717, 1.165) is 25.9 Å². The number of hydrogen-bond acceptors (Lipinski definition) is 3. The average Bonchev–Trinajstić information content (AvgIpc) is 2.06. The third-order valence-electron chi connectivity index (χ3n) is 1.97. The van der Waals surface area contributed by atoms with Gasteiger partial charge in [-0.3, -0.25) is 0 Å². The van der Waals surface area contributed by atoms with E-state index in [0.29, 0.717) is 0 Å². The Bertz CT molecular complexity index is 128. The highest BCUT2D eigenvalue weighted by molar-refractivity contribution is 4.68. The summed E-state index contributed by atoms with van der Waals surface area (Å²) >= 11 is 0. The standard InChI is InChI=1S/C9H18O3/c1-9(2,7-10)12-8-5-3-4-6-11-8/h8,10H,3-7H2,1-2H3/t8-/m1/s1. The molecule has 0 aromatic heterocycles. The van der Waals surface area contributed by atoms with Crippen molar-refractivity contribution in [2.75, 3.05) is 13.2 Å². The van der Waals surface area contributed by atoms with Gasteiger partial charge in [0.05, 0.1) is 12.2 Å². The normalized spacial score (nSPS) is 25.8. The Balaban J connectivity index is 2.28. The molecule has 0 amide bonds. The molecular weight excluding hydrogens is 156 g/mol. The molecular formula is C9H18O3. The van der Waals surface area contributed by atoms with Crippen LogP contribution in [0.1, 0.15) is 33.1 Å². The second kappa shape index (κ2) is 4.21. The number of rotatable bonds is 3. The van der Waals surface area contributed by atoms with Gasteiger partial charge in [-0.15, -0.1) is 0 Å². The van der Waals surface area contributed by atoms with Crippen molar-refractivity contribution >= 4 is 0 Å². The zero-order chi connectivity index (χ0) is 9.03. The highest BCUT2D eigenvalue weighted by Crippen LogP contribution is 2.19. The molecule has 1 saturated heterocycles. The van der Waals surface area contributed by atoms with E-state index in [1.165, 1.54) is 0 Å². The SMILES string of the molecule is CC(C)(CO)O[C@@H]1CCCCO1. The molecule has 0 unspecified atom stereocenters. The van der Waals surface area contributed by atoms with Gasteiger partial charge < -0.3 is 14.6 Å². The predicted molar refractivity (Wildman–Crippen MR) is 45.8 cm³/mol. The summed E-state index contributed by atoms with van der Waals surface area (Å²) in [6.07, 6.45) is 3.12. The second-order valence-corrected chi connectivity index (χ2v) is 3.83. The third-order valence-corrected chi connectivity index (χ3v) is 1.97. The van der Waals surface area contributed by atoms with Crippen molar-refractivity contribution in [3.05, 3.63) is 0 Å². The monoisotopic (exact) mass is 174 g/mol. The highest BCUT2D eigenvalue weighted by Gasteiger charge is 2.24. The Morgan fingerprint density at radius 1 is 1.50 bits per heavy atom. The van der Waals surface area contributed by atoms with Gasteiger partial charge in [-0.25, -0.2) is 0 Å². The molecule has 72 valence electrons. The Labute approximate surface area is 73.7 Å². The van der Waals surface area contributed by atoms with Crippen LogP contribution in [0.3, 0.4) is 0 Å². The quantitative estimate of drug-likeness (QED) is 0.701. The first-order chi connectivity index (χ1) is 5.64. The first-order valence-electron chi connectivity index (χ1n) is 4.54. The maximum Gasteiger partial charge on any atom is 0.158 e. The van der Waals surface area contributed by atoms with Gasteiger partial charge in [0.25, 0.3) is 0 Å². The molecule has 0 aromatic carbocycles. The van der Waals surface area contributed by atoms with Crippen LogP contribution in [0.4, 0.5) is 0 Å². The summed E-state index contributed by atoms with van der Waals surface area (Å²) in [5.41, 5.74) is -0.470. The Kier molecular flexibility index (Phi) is 3.50. The van der Waals surface area contributed by atoms with E-state index < -0.39 is 5.60 Å². The van der Waals surface area contributed by atoms with Crippen molar-refractivity contribution in [3.8, 4) is 0 Å². The van der Waals surface area contributed by atoms with E-state index in [1.807, 2.05) is 13.8 Å². The van der Waals surface area contributed by atoms with E-state index in [-0.39, 0.29) is 12.9 Å². The van der Waals surface area contributed by atoms with E-state index in [2.05, 4.69) is 0 Å². The summed E-state index contributed by atoms with van der Waals surface area (Å²) in [6.45, 7) is 4.55. The van der Waals surface area contributed by atoms with Crippen LogP contribution >= 0.6 is 0 Å². The first-order valence-corrected chi connectivity index (χ1v) is 4.54. The van der Waals surface area contributed by atoms with Crippen LogP contribution in [0.5, 0.6) is 0 Å². The second-order valence-electron chi connectivity index (χ2n) is 3.83. The van der Waals surface area contributed by atoms with E-state index in [1.54, 1.807) is 0 Å². The zero-order valence-electron chi connectivity index (χ0n) is 7.88. The highest BCUT2D eigenvalue weighted by atomic mass is 16.7. The summed E-state index contributed by atoms with van der Waals surface area (Å²) in [7, 11) is 0. The number of ether oxygens (including phenoxy) is 2. The predicted octanol–water partition coefficient (Wildman–Crippen LogP) is 1.30. The fraction of sp³-hybridized carbons (Fsp3) is 1.00. The molecule has 0 saturated carbocycles. The molecule has 3 nitrogen and oxygen atoms in total. The number of aliphatic hydroxyl groups is 1. The van der Waals surface area contributed by atoms with E-state index >= 15 is 0 Å². The molecule has 0 bridgehead atoms. The molecule has 0 aromatic rings. The molecule has 1 fully saturated rings. The van der Waals surface area contributed by atoms with Crippen LogP contribution in [0.25, 0.3) is 0 Å². The third kappa shape index (κ3) is 3.09. The van der Waals surface area contributed by atoms with E-state index in [9.17, 15) is 0 Å². The van der Waals surface area contributed by atoms with Crippen molar-refractivity contribution < 1.29 is 14.6 Å². The molecule has 0 spiro atoms. The lowest BCUT2D eigenvalue weighted by atomic mass is 10.1. The Morgan fingerprint density at radius 2 is 2.25 bits per heavy atom. The molecule has 12 heavy (non-hydrogen) atoms. The molecule has 1 aliphatic rings. The first kappa shape index (κ1) is 9.96. The van der Waals surface area contributed by atoms with Crippen molar-refractivity contribution in [2.24, 2.45) is 0 Å². The van der Waals surface area contributed by atoms with Gasteiger partial charge in [-0.1, -0.05) is 0 Å². The Hall–Kier alpha value is -0.120. The van der Waals surface area contributed by atoms with E-state index in [4.69, 9.17) is 14.6 Å². The summed E-state index contributed by atoms with van der Waals surface area (Å²) in [6, 6.07) is 0. The minimum absolute atomic E-state index is 0.0346. The lowest BCUT2D eigenvalue weighted by Gasteiger charge is -2.31. The fourth-order valence-corrected chi connectivity index (χ4v) is 1.20. The molecule has 1 rings (SSSR count). The smallest absolute Gasteiger partial charge is 0.158 e. The zero-order valence-corrected chi connectivity index (χ0v) is 7.88. The van der Waals surface area contributed by atoms with Gasteiger partial charge in [0, 0.05) is 6.61 Å². The van der Waals surface area contributed by atoms with Crippen LogP contribution in [0, 0.1) is 0 Å². The van der Waals surface area contributed by atoms with Gasteiger partial charge in [0.15, 0.2) is 6.29 Å². The van der Waals surface area contributed by atoms with Gasteiger partial charge in [0.2, 0.25) is 0 Å². The topological polar surface area (TPSA) is 38.7 Å². The van der Waals surface area contributed by atoms with Crippen LogP contribution in [-0.2, 0) is 9.47 Å². The molecule has 1 heterocycles. The fourth-order valence-electron chi connectivity index (χ4n) is 1.20. The molecule has 1 N–H and O–H groups in total. The summed E-state index contributed by atoms with van der Waals surface area (Å²) in [4.78, 5) is 0. The molecule has 1 atom stereocenters. The largest absolute Gasteiger partial charge is 0.393 e. The van der Waals surface area contributed by atoms with Crippen LogP contribution < -0.4 is 0 Å². The minimum atomic E-state index is -0.470. The number of aliphatic hydroxyl groups excluding tert-OH is 1. The summed E-state index contributed by atoms with van der Waals surface area (Å²) in [5.74, 6) is 0. The lowest BCUT2D eigenvalue weighted by Crippen LogP contribution is -2.36. The molecule has 0 radical (unpaired) electrons. The minimum Gasteiger partial charge on any atom is -0.393 e. The van der Waals surface area contributed by atoms with Crippen molar-refractivity contribution in [2.45, 2.75) is 45.0 Å². The van der Waals surface area contributed by atoms with Crippen molar-refractivity contribution in [1.82, 2.24) is 0 Å². The maximum absolute atomic E-state index is 8.94. The summed E-state index contributed by atoms with van der Waals surface area (Å²) in [5, 5.41) is 8.94. The Morgan fingerprint density at radius 3 is 2.75 bits per heavy atom. The lowest BCUT2D eigenvalue weighted by molar-refractivity contribution is -0.223. The van der Waals surface area contributed by atoms with Crippen LogP contribution in [-0.4, -0.2) is 30.2 Å². The molecule has 0 aliphatic carbocycles. The van der Waals surface area contributed by atoms with Gasteiger partial charge in [0.1, 0.15) is 0 Å². The van der Waals surface area contributed by atoms with Crippen LogP contribution in [0.15, 0.2) is 0 Å². The molecule has 1 aliphatic heterocycles. The molecule has 3 heteroatoms. The average molecular weight is 174 g/mol. The maximum atomic E-state index is 8.94.